The largest absolute Gasteiger partial charge is 0.472 e. The molecule has 0 aromatic heterocycles. The van der Waals surface area contributed by atoms with Crippen molar-refractivity contribution in [2.24, 2.45) is 0 Å². The van der Waals surface area contributed by atoms with Gasteiger partial charge in [0, 0.05) is 12.8 Å². The molecule has 17 nitrogen and oxygen atoms in total. The predicted molar refractivity (Wildman–Crippen MR) is 277 cm³/mol. The number of unbranched alkanes of at least 4 members (excludes halogenated alkanes) is 3. The Labute approximate surface area is 426 Å². The van der Waals surface area contributed by atoms with Gasteiger partial charge in [-0.25, -0.2) is 9.13 Å². The van der Waals surface area contributed by atoms with E-state index in [1.165, 1.54) is 19.3 Å². The van der Waals surface area contributed by atoms with Crippen LogP contribution in [0.2, 0.25) is 0 Å². The van der Waals surface area contributed by atoms with Gasteiger partial charge >= 0.3 is 27.6 Å². The summed E-state index contributed by atoms with van der Waals surface area (Å²) in [5.74, 6) is -1.42. The molecule has 2 aliphatic rings. The highest BCUT2D eigenvalue weighted by Crippen LogP contribution is 2.49. The summed E-state index contributed by atoms with van der Waals surface area (Å²) in [6.45, 7) is 2.83. The number of allylic oxidation sites excluding steroid dienone is 18. The molecule has 0 aromatic carbocycles. The third kappa shape index (κ3) is 31.8. The van der Waals surface area contributed by atoms with E-state index in [1.54, 1.807) is 6.08 Å². The van der Waals surface area contributed by atoms with Gasteiger partial charge in [0.2, 0.25) is 0 Å². The monoisotopic (exact) mass is 1050 g/mol. The zero-order valence-corrected chi connectivity index (χ0v) is 43.8. The summed E-state index contributed by atoms with van der Waals surface area (Å²) < 4.78 is 55.0. The maximum absolute atomic E-state index is 13.0. The topological polar surface area (TPSA) is 269 Å². The number of carbonyl (C=O) groups is 2. The van der Waals surface area contributed by atoms with Crippen molar-refractivity contribution in [2.45, 2.75) is 184 Å². The Hall–Kier alpha value is -3.64. The summed E-state index contributed by atoms with van der Waals surface area (Å²) >= 11 is 0. The second-order valence-corrected chi connectivity index (χ2v) is 19.8. The van der Waals surface area contributed by atoms with Crippen molar-refractivity contribution < 1.29 is 81.6 Å². The lowest BCUT2D eigenvalue weighted by molar-refractivity contribution is -0.216. The van der Waals surface area contributed by atoms with Crippen molar-refractivity contribution in [1.29, 1.82) is 0 Å². The maximum Gasteiger partial charge on any atom is 0.472 e. The molecule has 1 heterocycles. The first kappa shape index (κ1) is 64.5. The van der Waals surface area contributed by atoms with Crippen molar-refractivity contribution in [3.63, 3.8) is 0 Å². The van der Waals surface area contributed by atoms with Gasteiger partial charge in [-0.1, -0.05) is 148 Å². The number of hydrogen-bond donors (Lipinski definition) is 7. The molecule has 2 rings (SSSR count). The minimum Gasteiger partial charge on any atom is -0.462 e. The van der Waals surface area contributed by atoms with E-state index < -0.39 is 83.5 Å². The molecule has 10 atom stereocenters. The molecule has 1 aliphatic heterocycles. The third-order valence-corrected chi connectivity index (χ3v) is 12.5. The zero-order chi connectivity index (χ0) is 52.9. The first-order chi connectivity index (χ1) is 34.6. The van der Waals surface area contributed by atoms with Crippen LogP contribution in [0.3, 0.4) is 0 Å². The van der Waals surface area contributed by atoms with Crippen LogP contribution in [0.5, 0.6) is 0 Å². The number of epoxide rings is 1. The molecule has 1 saturated carbocycles. The molecule has 2 fully saturated rings. The van der Waals surface area contributed by atoms with Crippen LogP contribution in [0, 0.1) is 0 Å². The Kier molecular flexibility index (Phi) is 34.8. The predicted octanol–water partition coefficient (Wildman–Crippen LogP) is 9.27. The van der Waals surface area contributed by atoms with Crippen LogP contribution in [0.25, 0.3) is 0 Å². The third-order valence-electron chi connectivity index (χ3n) is 10.9. The number of aliphatic hydroxyl groups excluding tert-OH is 4. The molecule has 0 radical (unpaired) electrons. The highest BCUT2D eigenvalue weighted by Gasteiger charge is 2.54. The molecule has 1 aliphatic carbocycles. The van der Waals surface area contributed by atoms with Crippen LogP contribution < -0.4 is 0 Å². The van der Waals surface area contributed by atoms with Crippen molar-refractivity contribution >= 4 is 27.6 Å². The SMILES string of the molecule is CC/C=C\CC1OC1C/C=C\C/C=C\C/C=C\C/C=C\CCC(=O)OC[C@H](COP(=O)(O)O[C@H]1C(O)C(O)C(O)[C@@H](OP(=O)(O)O)C1O)OC(=O)CC/C=C\C/C=C\C/C=C\C/C=C\C/C=C\CCCCC. The smallest absolute Gasteiger partial charge is 0.462 e. The van der Waals surface area contributed by atoms with E-state index >= 15 is 0 Å². The second kappa shape index (κ2) is 38.9. The molecule has 7 unspecified atom stereocenters. The molecule has 406 valence electrons. The molecule has 0 amide bonds. The standard InChI is InChI=1S/C53H82O17P2/c1-3-5-7-8-9-10-11-12-13-14-15-16-17-18-23-26-29-32-36-40-47(55)67-43(42-66-72(63,64)70-53-50(58)48(56)49(57)52(51(53)59)69-71(60,61)62)41-65-46(54)39-35-31-28-25-22-20-19-21-24-27-30-34-38-45-44(68-45)37-33-6-4-2/h6,9-10,12-13,15-16,18,20-24,28-34,43-45,48-53,56-59H,3-5,7-8,11,14,17,19,25-27,35-42H2,1-2H3,(H,63,64)(H2,60,61,62)/b10-9-,13-12-,16-15-,22-20-,23-18-,24-21-,31-28-,32-29-,33-6-,34-30-/t43-,44?,45?,48?,49?,50?,51?,52-,53+/m1/s1. The molecule has 0 spiro atoms. The Morgan fingerprint density at radius 2 is 0.944 bits per heavy atom. The average Bonchev–Trinajstić information content (AvgIpc) is 4.10. The fourth-order valence-electron chi connectivity index (χ4n) is 6.96. The summed E-state index contributed by atoms with van der Waals surface area (Å²) in [6.07, 6.45) is 40.7. The lowest BCUT2D eigenvalue weighted by Gasteiger charge is -2.43. The van der Waals surface area contributed by atoms with Crippen LogP contribution >= 0.6 is 15.6 Å². The second-order valence-electron chi connectivity index (χ2n) is 17.2. The minimum atomic E-state index is -5.39. The Morgan fingerprint density at radius 1 is 0.514 bits per heavy atom. The molecule has 0 aromatic rings. The molecule has 7 N–H and O–H groups in total. The van der Waals surface area contributed by atoms with Gasteiger partial charge in [0.1, 0.15) is 43.2 Å². The summed E-state index contributed by atoms with van der Waals surface area (Å²) in [7, 11) is -10.7. The highest BCUT2D eigenvalue weighted by atomic mass is 31.2. The lowest BCUT2D eigenvalue weighted by Crippen LogP contribution is -2.64. The van der Waals surface area contributed by atoms with Gasteiger partial charge < -0.3 is 49.3 Å². The summed E-state index contributed by atoms with van der Waals surface area (Å²) in [5, 5.41) is 41.3. The van der Waals surface area contributed by atoms with E-state index in [1.807, 2.05) is 42.5 Å². The van der Waals surface area contributed by atoms with E-state index in [-0.39, 0.29) is 19.3 Å². The summed E-state index contributed by atoms with van der Waals surface area (Å²) in [6, 6.07) is 0. The van der Waals surface area contributed by atoms with Gasteiger partial charge in [-0.2, -0.15) is 0 Å². The zero-order valence-electron chi connectivity index (χ0n) is 42.0. The molecule has 72 heavy (non-hydrogen) atoms. The number of phosphoric ester groups is 2. The highest BCUT2D eigenvalue weighted by molar-refractivity contribution is 7.47. The van der Waals surface area contributed by atoms with Gasteiger partial charge in [-0.3, -0.25) is 23.2 Å². The van der Waals surface area contributed by atoms with Gasteiger partial charge in [0.15, 0.2) is 6.10 Å². The summed E-state index contributed by atoms with van der Waals surface area (Å²) in [4.78, 5) is 54.3. The lowest BCUT2D eigenvalue weighted by atomic mass is 9.85. The maximum atomic E-state index is 13.0. The molecular formula is C53H82O17P2. The van der Waals surface area contributed by atoms with Gasteiger partial charge in [0.25, 0.3) is 0 Å². The first-order valence-corrected chi connectivity index (χ1v) is 28.2. The minimum absolute atomic E-state index is 0.0310. The number of rotatable bonds is 39. The van der Waals surface area contributed by atoms with E-state index in [4.69, 9.17) is 23.3 Å². The first-order valence-electron chi connectivity index (χ1n) is 25.2. The van der Waals surface area contributed by atoms with Crippen molar-refractivity contribution in [3.8, 4) is 0 Å². The number of esters is 2. The number of ether oxygens (including phenoxy) is 3. The Bertz CT molecular complexity index is 1910. The van der Waals surface area contributed by atoms with E-state index in [0.717, 1.165) is 57.8 Å². The molecule has 1 saturated heterocycles. The van der Waals surface area contributed by atoms with E-state index in [0.29, 0.717) is 31.5 Å². The van der Waals surface area contributed by atoms with Crippen LogP contribution in [0.4, 0.5) is 0 Å². The van der Waals surface area contributed by atoms with Gasteiger partial charge in [0.05, 0.1) is 18.8 Å². The van der Waals surface area contributed by atoms with Crippen LogP contribution in [0.1, 0.15) is 129 Å². The van der Waals surface area contributed by atoms with Gasteiger partial charge in [-0.15, -0.1) is 0 Å². The fraction of sp³-hybridized carbons (Fsp3) is 0.585. The van der Waals surface area contributed by atoms with Crippen molar-refractivity contribution in [2.75, 3.05) is 13.2 Å². The van der Waals surface area contributed by atoms with E-state index in [9.17, 15) is 53.8 Å². The fourth-order valence-corrected chi connectivity index (χ4v) is 8.50. The number of carbonyl (C=O) groups excluding carboxylic acids is 2. The molecule has 0 bridgehead atoms. The Balaban J connectivity index is 1.83. The Morgan fingerprint density at radius 3 is 1.42 bits per heavy atom. The normalized spacial score (nSPS) is 24.6. The van der Waals surface area contributed by atoms with Crippen LogP contribution in [-0.4, -0.2) is 115 Å². The van der Waals surface area contributed by atoms with Crippen molar-refractivity contribution in [1.82, 2.24) is 0 Å². The molecular weight excluding hydrogens is 971 g/mol. The summed E-state index contributed by atoms with van der Waals surface area (Å²) in [5.41, 5.74) is 0. The quantitative estimate of drug-likeness (QED) is 0.00993. The molecule has 19 heteroatoms. The van der Waals surface area contributed by atoms with E-state index in [2.05, 4.69) is 91.3 Å². The van der Waals surface area contributed by atoms with Crippen molar-refractivity contribution in [3.05, 3.63) is 122 Å². The van der Waals surface area contributed by atoms with Crippen LogP contribution in [-0.2, 0) is 46.5 Å². The number of phosphoric acid groups is 2. The average molecular weight is 1050 g/mol. The number of aliphatic hydroxyl groups is 4. The van der Waals surface area contributed by atoms with Gasteiger partial charge in [-0.05, 0) is 89.9 Å². The van der Waals surface area contributed by atoms with Crippen LogP contribution in [0.15, 0.2) is 122 Å². The number of hydrogen-bond acceptors (Lipinski definition) is 14.